The van der Waals surface area contributed by atoms with Crippen LogP contribution in [-0.2, 0) is 17.8 Å². The lowest BCUT2D eigenvalue weighted by Crippen LogP contribution is -2.44. The number of ether oxygens (including phenoxy) is 1. The summed E-state index contributed by atoms with van der Waals surface area (Å²) in [5.41, 5.74) is 0.548. The van der Waals surface area contributed by atoms with Gasteiger partial charge in [-0.1, -0.05) is 19.9 Å². The van der Waals surface area contributed by atoms with E-state index in [1.807, 2.05) is 31.4 Å². The standard InChI is InChI=1S/C20H24N4O4S/c1-13(2)16(21-18(25)8-6-14-11-19(27-3)23-28-14)12-24-20(26)9-7-15(22-24)17-5-4-10-29-17/h4-5,7,9-11,13,16H,6,8,12H2,1-3H3,(H,21,25)/t16-/m1/s1. The summed E-state index contributed by atoms with van der Waals surface area (Å²) in [4.78, 5) is 25.7. The Morgan fingerprint density at radius 1 is 1.34 bits per heavy atom. The van der Waals surface area contributed by atoms with Crippen LogP contribution in [-0.4, -0.2) is 34.0 Å². The molecule has 9 heteroatoms. The quantitative estimate of drug-likeness (QED) is 0.576. The maximum absolute atomic E-state index is 12.4. The molecule has 1 atom stereocenters. The van der Waals surface area contributed by atoms with Crippen LogP contribution in [0.2, 0.25) is 0 Å². The molecule has 0 saturated carbocycles. The van der Waals surface area contributed by atoms with Crippen LogP contribution >= 0.6 is 11.3 Å². The molecule has 3 aromatic rings. The zero-order valence-electron chi connectivity index (χ0n) is 16.6. The number of carbonyl (C=O) groups is 1. The normalized spacial score (nSPS) is 12.1. The Balaban J connectivity index is 1.64. The average Bonchev–Trinajstić information content (AvgIpc) is 3.39. The molecule has 3 rings (SSSR count). The van der Waals surface area contributed by atoms with Crippen molar-refractivity contribution >= 4 is 17.2 Å². The molecule has 0 aliphatic rings. The van der Waals surface area contributed by atoms with E-state index in [0.717, 1.165) is 10.6 Å². The van der Waals surface area contributed by atoms with Gasteiger partial charge in [0.05, 0.1) is 24.6 Å². The molecule has 154 valence electrons. The predicted molar refractivity (Wildman–Crippen MR) is 110 cm³/mol. The number of amides is 1. The first-order valence-corrected chi connectivity index (χ1v) is 10.2. The van der Waals surface area contributed by atoms with Gasteiger partial charge in [0.25, 0.3) is 11.4 Å². The molecular weight excluding hydrogens is 392 g/mol. The van der Waals surface area contributed by atoms with Gasteiger partial charge in [-0.2, -0.15) is 5.10 Å². The van der Waals surface area contributed by atoms with E-state index >= 15 is 0 Å². The van der Waals surface area contributed by atoms with E-state index < -0.39 is 0 Å². The van der Waals surface area contributed by atoms with Crippen LogP contribution in [0, 0.1) is 5.92 Å². The molecule has 0 spiro atoms. The van der Waals surface area contributed by atoms with Gasteiger partial charge < -0.3 is 14.6 Å². The summed E-state index contributed by atoms with van der Waals surface area (Å²) in [6, 6.07) is 8.57. The van der Waals surface area contributed by atoms with Crippen LogP contribution in [0.4, 0.5) is 0 Å². The Bertz CT molecular complexity index is 994. The highest BCUT2D eigenvalue weighted by molar-refractivity contribution is 7.13. The second kappa shape index (κ2) is 9.51. The minimum atomic E-state index is -0.226. The molecule has 3 aromatic heterocycles. The number of aryl methyl sites for hydroxylation is 1. The van der Waals surface area contributed by atoms with E-state index in [0.29, 0.717) is 24.6 Å². The molecule has 0 aromatic carbocycles. The number of nitrogens with one attached hydrogen (secondary N) is 1. The van der Waals surface area contributed by atoms with Crippen LogP contribution in [0.3, 0.4) is 0 Å². The van der Waals surface area contributed by atoms with E-state index in [9.17, 15) is 9.59 Å². The Labute approximate surface area is 172 Å². The highest BCUT2D eigenvalue weighted by Crippen LogP contribution is 2.21. The number of hydrogen-bond acceptors (Lipinski definition) is 7. The van der Waals surface area contributed by atoms with E-state index in [1.54, 1.807) is 23.5 Å². The fourth-order valence-electron chi connectivity index (χ4n) is 2.77. The summed E-state index contributed by atoms with van der Waals surface area (Å²) in [6.45, 7) is 4.30. The number of hydrogen-bond donors (Lipinski definition) is 1. The lowest BCUT2D eigenvalue weighted by Gasteiger charge is -2.23. The Hall–Kier alpha value is -2.94. The Morgan fingerprint density at radius 2 is 2.17 bits per heavy atom. The van der Waals surface area contributed by atoms with Gasteiger partial charge in [0.1, 0.15) is 11.5 Å². The molecule has 0 bridgehead atoms. The van der Waals surface area contributed by atoms with Gasteiger partial charge in [-0.25, -0.2) is 4.68 Å². The summed E-state index contributed by atoms with van der Waals surface area (Å²) in [5, 5.41) is 13.2. The van der Waals surface area contributed by atoms with Crippen molar-refractivity contribution in [2.24, 2.45) is 5.92 Å². The summed E-state index contributed by atoms with van der Waals surface area (Å²) in [6.07, 6.45) is 0.665. The van der Waals surface area contributed by atoms with Crippen LogP contribution in [0.1, 0.15) is 26.0 Å². The van der Waals surface area contributed by atoms with Gasteiger partial charge in [0, 0.05) is 25.0 Å². The number of methoxy groups -OCH3 is 1. The molecular formula is C20H24N4O4S. The first-order valence-electron chi connectivity index (χ1n) is 9.37. The highest BCUT2D eigenvalue weighted by Gasteiger charge is 2.19. The van der Waals surface area contributed by atoms with E-state index in [4.69, 9.17) is 9.26 Å². The van der Waals surface area contributed by atoms with Crippen LogP contribution in [0.5, 0.6) is 5.88 Å². The predicted octanol–water partition coefficient (Wildman–Crippen LogP) is 2.74. The number of nitrogens with zero attached hydrogens (tertiary/aromatic N) is 3. The molecule has 0 fully saturated rings. The molecule has 29 heavy (non-hydrogen) atoms. The molecule has 3 heterocycles. The van der Waals surface area contributed by atoms with Crippen LogP contribution < -0.4 is 15.6 Å². The first kappa shape index (κ1) is 20.8. The number of carbonyl (C=O) groups excluding carboxylic acids is 1. The zero-order valence-corrected chi connectivity index (χ0v) is 17.4. The fraction of sp³-hybridized carbons (Fsp3) is 0.400. The number of aromatic nitrogens is 3. The van der Waals surface area contributed by atoms with Gasteiger partial charge in [0.15, 0.2) is 0 Å². The molecule has 0 radical (unpaired) electrons. The maximum atomic E-state index is 12.4. The number of thiophene rings is 1. The van der Waals surface area contributed by atoms with Gasteiger partial charge in [-0.15, -0.1) is 11.3 Å². The summed E-state index contributed by atoms with van der Waals surface area (Å²) in [5.74, 6) is 0.973. The van der Waals surface area contributed by atoms with Gasteiger partial charge >= 0.3 is 0 Å². The lowest BCUT2D eigenvalue weighted by atomic mass is 10.0. The van der Waals surface area contributed by atoms with Crippen molar-refractivity contribution in [1.82, 2.24) is 20.3 Å². The SMILES string of the molecule is COc1cc(CCC(=O)N[C@H](Cn2nc(-c3cccs3)ccc2=O)C(C)C)on1. The maximum Gasteiger partial charge on any atom is 0.266 e. The minimum Gasteiger partial charge on any atom is -0.479 e. The van der Waals surface area contributed by atoms with Crippen LogP contribution in [0.15, 0.2) is 45.0 Å². The zero-order chi connectivity index (χ0) is 20.8. The van der Waals surface area contributed by atoms with Gasteiger partial charge in [-0.05, 0) is 28.6 Å². The lowest BCUT2D eigenvalue weighted by molar-refractivity contribution is -0.122. The highest BCUT2D eigenvalue weighted by atomic mass is 32.1. The third-order valence-corrected chi connectivity index (χ3v) is 5.40. The molecule has 1 N–H and O–H groups in total. The molecule has 1 amide bonds. The molecule has 8 nitrogen and oxygen atoms in total. The molecule has 0 unspecified atom stereocenters. The summed E-state index contributed by atoms with van der Waals surface area (Å²) in [7, 11) is 1.50. The molecule has 0 aliphatic carbocycles. The number of rotatable bonds is 9. The van der Waals surface area contributed by atoms with Crippen molar-refractivity contribution in [1.29, 1.82) is 0 Å². The van der Waals surface area contributed by atoms with E-state index in [2.05, 4.69) is 15.6 Å². The Morgan fingerprint density at radius 3 is 2.83 bits per heavy atom. The van der Waals surface area contributed by atoms with E-state index in [1.165, 1.54) is 17.9 Å². The van der Waals surface area contributed by atoms with Crippen molar-refractivity contribution in [3.8, 4) is 16.5 Å². The minimum absolute atomic E-state index is 0.124. The van der Waals surface area contributed by atoms with Gasteiger partial charge in [0.2, 0.25) is 5.91 Å². The largest absolute Gasteiger partial charge is 0.479 e. The second-order valence-electron chi connectivity index (χ2n) is 6.97. The Kier molecular flexibility index (Phi) is 6.82. The monoisotopic (exact) mass is 416 g/mol. The second-order valence-corrected chi connectivity index (χ2v) is 7.92. The summed E-state index contributed by atoms with van der Waals surface area (Å²) < 4.78 is 11.5. The average molecular weight is 417 g/mol. The van der Waals surface area contributed by atoms with Crippen molar-refractivity contribution in [2.75, 3.05) is 7.11 Å². The first-order chi connectivity index (χ1) is 14.0. The van der Waals surface area contributed by atoms with Crippen molar-refractivity contribution in [3.05, 3.63) is 51.8 Å². The van der Waals surface area contributed by atoms with E-state index in [-0.39, 0.29) is 29.8 Å². The third-order valence-electron chi connectivity index (χ3n) is 4.51. The molecule has 0 saturated heterocycles. The van der Waals surface area contributed by atoms with Crippen molar-refractivity contribution in [3.63, 3.8) is 0 Å². The van der Waals surface area contributed by atoms with Crippen LogP contribution in [0.25, 0.3) is 10.6 Å². The van der Waals surface area contributed by atoms with Crippen molar-refractivity contribution < 1.29 is 14.1 Å². The third kappa shape index (κ3) is 5.54. The topological polar surface area (TPSA) is 99.2 Å². The smallest absolute Gasteiger partial charge is 0.266 e. The van der Waals surface area contributed by atoms with Crippen molar-refractivity contribution in [2.45, 2.75) is 39.3 Å². The van der Waals surface area contributed by atoms with Gasteiger partial charge in [-0.3, -0.25) is 9.59 Å². The fourth-order valence-corrected chi connectivity index (χ4v) is 3.46. The molecule has 0 aliphatic heterocycles. The summed E-state index contributed by atoms with van der Waals surface area (Å²) >= 11 is 1.56.